The van der Waals surface area contributed by atoms with E-state index in [0.717, 1.165) is 28.3 Å². The van der Waals surface area contributed by atoms with E-state index in [1.165, 1.54) is 0 Å². The molecule has 0 saturated heterocycles. The first kappa shape index (κ1) is 17.8. The third-order valence-corrected chi connectivity index (χ3v) is 3.33. The van der Waals surface area contributed by atoms with E-state index in [1.54, 1.807) is 13.8 Å². The number of halogens is 2. The van der Waals surface area contributed by atoms with Gasteiger partial charge in [-0.05, 0) is 35.7 Å². The standard InChI is InChI=1S/C11H14ClN3.C4H7ClO/c1-7(2)6-13-11-9-4-3-8(12)5-10(9)14-15-11;1-3(2)4(5)6/h3-5,7H,6H2,1-2H3,(H2,13,14,15);3H,1-2H3. The molecule has 1 aromatic heterocycles. The van der Waals surface area contributed by atoms with E-state index in [9.17, 15) is 4.79 Å². The molecular formula is C15H21Cl2N3O. The molecule has 6 heteroatoms. The van der Waals surface area contributed by atoms with Gasteiger partial charge in [0.25, 0.3) is 0 Å². The van der Waals surface area contributed by atoms with Crippen LogP contribution in [0.3, 0.4) is 0 Å². The Morgan fingerprint density at radius 2 is 1.95 bits per heavy atom. The number of fused-ring (bicyclic) bond motifs is 1. The van der Waals surface area contributed by atoms with E-state index in [-0.39, 0.29) is 11.2 Å². The molecule has 0 radical (unpaired) electrons. The SMILES string of the molecule is CC(C)C(=O)Cl.CC(C)CNc1n[nH]c2cc(Cl)ccc12. The largest absolute Gasteiger partial charge is 0.368 e. The Bertz CT molecular complexity index is 594. The number of aromatic nitrogens is 2. The van der Waals surface area contributed by atoms with Crippen LogP contribution in [-0.2, 0) is 4.79 Å². The summed E-state index contributed by atoms with van der Waals surface area (Å²) in [5.41, 5.74) is 0.966. The van der Waals surface area contributed by atoms with Gasteiger partial charge in [-0.1, -0.05) is 39.3 Å². The summed E-state index contributed by atoms with van der Waals surface area (Å²) in [5, 5.41) is 12.0. The normalized spacial score (nSPS) is 10.7. The van der Waals surface area contributed by atoms with E-state index in [0.29, 0.717) is 5.92 Å². The van der Waals surface area contributed by atoms with Gasteiger partial charge in [0.05, 0.1) is 5.52 Å². The number of nitrogens with zero attached hydrogens (tertiary/aromatic N) is 1. The highest BCUT2D eigenvalue weighted by molar-refractivity contribution is 6.63. The summed E-state index contributed by atoms with van der Waals surface area (Å²) in [4.78, 5) is 9.91. The van der Waals surface area contributed by atoms with Gasteiger partial charge in [-0.3, -0.25) is 9.89 Å². The fourth-order valence-electron chi connectivity index (χ4n) is 1.43. The van der Waals surface area contributed by atoms with Gasteiger partial charge < -0.3 is 5.32 Å². The summed E-state index contributed by atoms with van der Waals surface area (Å²) in [7, 11) is 0. The van der Waals surface area contributed by atoms with Gasteiger partial charge in [0, 0.05) is 22.9 Å². The quantitative estimate of drug-likeness (QED) is 0.800. The molecule has 1 heterocycles. The number of anilines is 1. The minimum Gasteiger partial charge on any atom is -0.368 e. The van der Waals surface area contributed by atoms with Crippen LogP contribution in [0.15, 0.2) is 18.2 Å². The summed E-state index contributed by atoms with van der Waals surface area (Å²) in [5.74, 6) is 1.48. The molecule has 0 saturated carbocycles. The monoisotopic (exact) mass is 329 g/mol. The average Bonchev–Trinajstić information content (AvgIpc) is 2.79. The van der Waals surface area contributed by atoms with Crippen LogP contribution in [0.4, 0.5) is 5.82 Å². The number of benzene rings is 1. The molecule has 0 aliphatic heterocycles. The number of nitrogens with one attached hydrogen (secondary N) is 2. The summed E-state index contributed by atoms with van der Waals surface area (Å²) in [6.45, 7) is 8.77. The molecule has 0 aliphatic rings. The summed E-state index contributed by atoms with van der Waals surface area (Å²) >= 11 is 10.9. The summed E-state index contributed by atoms with van der Waals surface area (Å²) < 4.78 is 0. The molecule has 116 valence electrons. The fraction of sp³-hybridized carbons (Fsp3) is 0.467. The zero-order chi connectivity index (χ0) is 16.0. The van der Waals surface area contributed by atoms with Crippen molar-refractivity contribution in [2.75, 3.05) is 11.9 Å². The Kier molecular flexibility index (Phi) is 6.99. The molecule has 0 amide bonds. The van der Waals surface area contributed by atoms with E-state index < -0.39 is 0 Å². The molecule has 0 aliphatic carbocycles. The third-order valence-electron chi connectivity index (χ3n) is 2.66. The molecule has 0 atom stereocenters. The lowest BCUT2D eigenvalue weighted by Gasteiger charge is -2.05. The molecule has 2 rings (SSSR count). The van der Waals surface area contributed by atoms with Crippen LogP contribution < -0.4 is 5.32 Å². The number of H-pyrrole nitrogens is 1. The maximum atomic E-state index is 9.91. The first-order valence-corrected chi connectivity index (χ1v) is 7.63. The second kappa shape index (κ2) is 8.25. The average molecular weight is 330 g/mol. The van der Waals surface area contributed by atoms with Crippen molar-refractivity contribution < 1.29 is 4.79 Å². The second-order valence-electron chi connectivity index (χ2n) is 5.50. The van der Waals surface area contributed by atoms with Crippen molar-refractivity contribution in [2.45, 2.75) is 27.7 Å². The Morgan fingerprint density at radius 1 is 1.33 bits per heavy atom. The van der Waals surface area contributed by atoms with Crippen LogP contribution in [0.2, 0.25) is 5.02 Å². The van der Waals surface area contributed by atoms with Gasteiger partial charge in [0.1, 0.15) is 0 Å². The van der Waals surface area contributed by atoms with Crippen LogP contribution >= 0.6 is 23.2 Å². The summed E-state index contributed by atoms with van der Waals surface area (Å²) in [6.07, 6.45) is 0. The van der Waals surface area contributed by atoms with Crippen molar-refractivity contribution in [2.24, 2.45) is 11.8 Å². The Hall–Kier alpha value is -1.26. The number of rotatable bonds is 4. The zero-order valence-corrected chi connectivity index (χ0v) is 14.2. The maximum Gasteiger partial charge on any atom is 0.224 e. The molecular weight excluding hydrogens is 309 g/mol. The number of carbonyl (C=O) groups is 1. The van der Waals surface area contributed by atoms with Crippen molar-refractivity contribution in [3.05, 3.63) is 23.2 Å². The van der Waals surface area contributed by atoms with Crippen molar-refractivity contribution in [3.63, 3.8) is 0 Å². The maximum absolute atomic E-state index is 9.91. The Balaban J connectivity index is 0.000000315. The highest BCUT2D eigenvalue weighted by atomic mass is 35.5. The number of hydrogen-bond donors (Lipinski definition) is 2. The first-order valence-electron chi connectivity index (χ1n) is 6.88. The molecule has 2 N–H and O–H groups in total. The van der Waals surface area contributed by atoms with Gasteiger partial charge in [0.15, 0.2) is 5.82 Å². The second-order valence-corrected chi connectivity index (χ2v) is 6.30. The molecule has 0 unspecified atom stereocenters. The predicted molar refractivity (Wildman–Crippen MR) is 90.1 cm³/mol. The minimum atomic E-state index is -0.269. The number of hydrogen-bond acceptors (Lipinski definition) is 3. The van der Waals surface area contributed by atoms with Crippen molar-refractivity contribution >= 4 is 45.2 Å². The molecule has 0 fully saturated rings. The van der Waals surface area contributed by atoms with Crippen molar-refractivity contribution in [1.82, 2.24) is 10.2 Å². The van der Waals surface area contributed by atoms with Crippen LogP contribution in [0.5, 0.6) is 0 Å². The highest BCUT2D eigenvalue weighted by Gasteiger charge is 2.05. The third kappa shape index (κ3) is 5.94. The van der Waals surface area contributed by atoms with Gasteiger partial charge in [0.2, 0.25) is 5.24 Å². The molecule has 2 aromatic rings. The Morgan fingerprint density at radius 3 is 2.48 bits per heavy atom. The summed E-state index contributed by atoms with van der Waals surface area (Å²) in [6, 6.07) is 5.73. The molecule has 0 bridgehead atoms. The first-order chi connectivity index (χ1) is 9.81. The van der Waals surface area contributed by atoms with Gasteiger partial charge in [-0.15, -0.1) is 0 Å². The van der Waals surface area contributed by atoms with Gasteiger partial charge in [-0.2, -0.15) is 5.10 Å². The van der Waals surface area contributed by atoms with Crippen molar-refractivity contribution in [3.8, 4) is 0 Å². The number of aromatic amines is 1. The van der Waals surface area contributed by atoms with Crippen LogP contribution in [0.25, 0.3) is 10.9 Å². The zero-order valence-electron chi connectivity index (χ0n) is 12.7. The van der Waals surface area contributed by atoms with Gasteiger partial charge >= 0.3 is 0 Å². The lowest BCUT2D eigenvalue weighted by atomic mass is 10.2. The van der Waals surface area contributed by atoms with Crippen molar-refractivity contribution in [1.29, 1.82) is 0 Å². The lowest BCUT2D eigenvalue weighted by molar-refractivity contribution is -0.114. The van der Waals surface area contributed by atoms with Crippen LogP contribution in [0, 0.1) is 11.8 Å². The van der Waals surface area contributed by atoms with E-state index in [1.807, 2.05) is 18.2 Å². The van der Waals surface area contributed by atoms with Gasteiger partial charge in [-0.25, -0.2) is 0 Å². The topological polar surface area (TPSA) is 57.8 Å². The van der Waals surface area contributed by atoms with E-state index in [2.05, 4.69) is 29.4 Å². The van der Waals surface area contributed by atoms with E-state index in [4.69, 9.17) is 23.2 Å². The smallest absolute Gasteiger partial charge is 0.224 e. The highest BCUT2D eigenvalue weighted by Crippen LogP contribution is 2.23. The fourth-order valence-corrected chi connectivity index (χ4v) is 1.60. The predicted octanol–water partition coefficient (Wildman–Crippen LogP) is 4.69. The molecule has 4 nitrogen and oxygen atoms in total. The van der Waals surface area contributed by atoms with Crippen LogP contribution in [-0.4, -0.2) is 22.0 Å². The molecule has 1 aromatic carbocycles. The molecule has 21 heavy (non-hydrogen) atoms. The van der Waals surface area contributed by atoms with E-state index >= 15 is 0 Å². The van der Waals surface area contributed by atoms with Crippen LogP contribution in [0.1, 0.15) is 27.7 Å². The molecule has 0 spiro atoms. The lowest BCUT2D eigenvalue weighted by Crippen LogP contribution is -2.08. The number of carbonyl (C=O) groups excluding carboxylic acids is 1. The Labute approximate surface area is 135 Å². The minimum absolute atomic E-state index is 0.0216.